The fraction of sp³-hybridized carbons (Fsp3) is 0.684. The molecule has 0 bridgehead atoms. The summed E-state index contributed by atoms with van der Waals surface area (Å²) in [5, 5.41) is 0. The Bertz CT molecular complexity index is 513. The van der Waals surface area contributed by atoms with Crippen molar-refractivity contribution in [3.63, 3.8) is 0 Å². The van der Waals surface area contributed by atoms with Crippen LogP contribution in [-0.2, 0) is 9.47 Å². The Kier molecular flexibility index (Phi) is 6.60. The van der Waals surface area contributed by atoms with E-state index in [0.29, 0.717) is 12.5 Å². The molecule has 1 aliphatic rings. The molecule has 24 heavy (non-hydrogen) atoms. The molecule has 0 aromatic carbocycles. The average molecular weight is 334 g/mol. The van der Waals surface area contributed by atoms with E-state index in [1.165, 1.54) is 0 Å². The zero-order valence-electron chi connectivity index (χ0n) is 15.3. The molecule has 1 amide bonds. The first-order valence-corrected chi connectivity index (χ1v) is 8.85. The molecule has 0 N–H and O–H groups in total. The number of hydrogen-bond donors (Lipinski definition) is 0. The van der Waals surface area contributed by atoms with Crippen LogP contribution in [0.25, 0.3) is 0 Å². The van der Waals surface area contributed by atoms with Crippen LogP contribution < -0.4 is 0 Å². The van der Waals surface area contributed by atoms with Gasteiger partial charge in [-0.3, -0.25) is 4.98 Å². The van der Waals surface area contributed by atoms with Gasteiger partial charge in [0.1, 0.15) is 5.60 Å². The van der Waals surface area contributed by atoms with Gasteiger partial charge in [-0.2, -0.15) is 0 Å². The Morgan fingerprint density at radius 2 is 2.21 bits per heavy atom. The number of ether oxygens (including phenoxy) is 2. The third-order valence-electron chi connectivity index (χ3n) is 4.17. The summed E-state index contributed by atoms with van der Waals surface area (Å²) in [4.78, 5) is 18.3. The summed E-state index contributed by atoms with van der Waals surface area (Å²) in [5.41, 5.74) is 0.516. The second-order valence-electron chi connectivity index (χ2n) is 7.49. The molecule has 2 rings (SSSR count). The van der Waals surface area contributed by atoms with Crippen LogP contribution in [0, 0.1) is 5.92 Å². The minimum atomic E-state index is -0.439. The maximum Gasteiger partial charge on any atom is 0.410 e. The van der Waals surface area contributed by atoms with Gasteiger partial charge in [0, 0.05) is 25.9 Å². The van der Waals surface area contributed by atoms with E-state index in [1.807, 2.05) is 50.8 Å². The monoisotopic (exact) mass is 334 g/mol. The third-order valence-corrected chi connectivity index (χ3v) is 4.17. The van der Waals surface area contributed by atoms with E-state index in [9.17, 15) is 4.79 Å². The molecule has 1 saturated heterocycles. The highest BCUT2D eigenvalue weighted by Crippen LogP contribution is 2.23. The van der Waals surface area contributed by atoms with Crippen LogP contribution in [0.5, 0.6) is 0 Å². The highest BCUT2D eigenvalue weighted by atomic mass is 16.6. The summed E-state index contributed by atoms with van der Waals surface area (Å²) in [6.45, 7) is 9.96. The van der Waals surface area contributed by atoms with E-state index in [-0.39, 0.29) is 12.2 Å². The first kappa shape index (κ1) is 18.7. The van der Waals surface area contributed by atoms with E-state index in [0.717, 1.165) is 38.0 Å². The Hall–Kier alpha value is -1.62. The topological polar surface area (TPSA) is 51.7 Å². The lowest BCUT2D eigenvalue weighted by Gasteiger charge is -2.34. The Labute approximate surface area is 145 Å². The van der Waals surface area contributed by atoms with Crippen molar-refractivity contribution in [1.82, 2.24) is 9.88 Å². The highest BCUT2D eigenvalue weighted by Gasteiger charge is 2.27. The summed E-state index contributed by atoms with van der Waals surface area (Å²) in [7, 11) is 0. The number of piperidine rings is 1. The van der Waals surface area contributed by atoms with Gasteiger partial charge >= 0.3 is 6.09 Å². The lowest BCUT2D eigenvalue weighted by molar-refractivity contribution is 0.0104. The van der Waals surface area contributed by atoms with Crippen LogP contribution >= 0.6 is 0 Å². The SMILES string of the molecule is C[C@@H](OCC[C@H]1CCCN(C(=O)OC(C)(C)C)C1)c1ccccn1. The van der Waals surface area contributed by atoms with Crippen molar-refractivity contribution >= 4 is 6.09 Å². The summed E-state index contributed by atoms with van der Waals surface area (Å²) < 4.78 is 11.4. The number of carbonyl (C=O) groups is 1. The van der Waals surface area contributed by atoms with Crippen LogP contribution in [0.1, 0.15) is 58.8 Å². The number of amides is 1. The molecular formula is C19H30N2O3. The van der Waals surface area contributed by atoms with Crippen molar-refractivity contribution in [2.24, 2.45) is 5.92 Å². The van der Waals surface area contributed by atoms with Gasteiger partial charge in [0.25, 0.3) is 0 Å². The molecule has 2 heterocycles. The molecule has 134 valence electrons. The first-order chi connectivity index (χ1) is 11.3. The van der Waals surface area contributed by atoms with Crippen LogP contribution in [-0.4, -0.2) is 41.3 Å². The average Bonchev–Trinajstić information content (AvgIpc) is 2.54. The first-order valence-electron chi connectivity index (χ1n) is 8.85. The maximum absolute atomic E-state index is 12.2. The number of nitrogens with zero attached hydrogens (tertiary/aromatic N) is 2. The van der Waals surface area contributed by atoms with E-state index in [1.54, 1.807) is 6.20 Å². The van der Waals surface area contributed by atoms with Crippen LogP contribution in [0.3, 0.4) is 0 Å². The Morgan fingerprint density at radius 3 is 2.88 bits per heavy atom. The van der Waals surface area contributed by atoms with Crippen LogP contribution in [0.4, 0.5) is 4.79 Å². The van der Waals surface area contributed by atoms with Crippen molar-refractivity contribution < 1.29 is 14.3 Å². The van der Waals surface area contributed by atoms with Crippen LogP contribution in [0.2, 0.25) is 0 Å². The summed E-state index contributed by atoms with van der Waals surface area (Å²) in [5.74, 6) is 0.474. The standard InChI is InChI=1S/C19H30N2O3/c1-15(17-9-5-6-11-20-17)23-13-10-16-8-7-12-21(14-16)18(22)24-19(2,3)4/h5-6,9,11,15-16H,7-8,10,12-14H2,1-4H3/t15-,16-/m1/s1. The fourth-order valence-corrected chi connectivity index (χ4v) is 2.91. The lowest BCUT2D eigenvalue weighted by Crippen LogP contribution is -2.43. The number of rotatable bonds is 5. The number of likely N-dealkylation sites (tertiary alicyclic amines) is 1. The number of hydrogen-bond acceptors (Lipinski definition) is 4. The quantitative estimate of drug-likeness (QED) is 0.810. The van der Waals surface area contributed by atoms with Crippen LogP contribution in [0.15, 0.2) is 24.4 Å². The predicted octanol–water partition coefficient (Wildman–Crippen LogP) is 4.20. The Balaban J connectivity index is 1.74. The second-order valence-corrected chi connectivity index (χ2v) is 7.49. The van der Waals surface area contributed by atoms with Gasteiger partial charge in [-0.05, 0) is 65.0 Å². The number of pyridine rings is 1. The smallest absolute Gasteiger partial charge is 0.410 e. The fourth-order valence-electron chi connectivity index (χ4n) is 2.91. The zero-order chi connectivity index (χ0) is 17.6. The van der Waals surface area contributed by atoms with Gasteiger partial charge in [-0.25, -0.2) is 4.79 Å². The van der Waals surface area contributed by atoms with Gasteiger partial charge in [-0.1, -0.05) is 6.07 Å². The largest absolute Gasteiger partial charge is 0.444 e. The van der Waals surface area contributed by atoms with Gasteiger partial charge < -0.3 is 14.4 Å². The van der Waals surface area contributed by atoms with E-state index < -0.39 is 5.60 Å². The van der Waals surface area contributed by atoms with Crippen molar-refractivity contribution in [1.29, 1.82) is 0 Å². The minimum absolute atomic E-state index is 0.00301. The van der Waals surface area contributed by atoms with Crippen molar-refractivity contribution in [2.45, 2.75) is 58.7 Å². The van der Waals surface area contributed by atoms with Gasteiger partial charge in [0.15, 0.2) is 0 Å². The molecule has 0 aliphatic carbocycles. The molecule has 1 aromatic rings. The third kappa shape index (κ3) is 6.11. The number of carbonyl (C=O) groups excluding carboxylic acids is 1. The molecule has 2 atom stereocenters. The second kappa shape index (κ2) is 8.47. The lowest BCUT2D eigenvalue weighted by atomic mass is 9.95. The molecular weight excluding hydrogens is 304 g/mol. The van der Waals surface area contributed by atoms with Crippen molar-refractivity contribution in [3.05, 3.63) is 30.1 Å². The summed E-state index contributed by atoms with van der Waals surface area (Å²) >= 11 is 0. The Morgan fingerprint density at radius 1 is 1.42 bits per heavy atom. The maximum atomic E-state index is 12.2. The molecule has 0 unspecified atom stereocenters. The van der Waals surface area contributed by atoms with Gasteiger partial charge in [-0.15, -0.1) is 0 Å². The molecule has 0 radical (unpaired) electrons. The molecule has 1 fully saturated rings. The number of aromatic nitrogens is 1. The van der Waals surface area contributed by atoms with E-state index >= 15 is 0 Å². The van der Waals surface area contributed by atoms with Crippen molar-refractivity contribution in [2.75, 3.05) is 19.7 Å². The molecule has 0 saturated carbocycles. The molecule has 5 nitrogen and oxygen atoms in total. The molecule has 1 aliphatic heterocycles. The van der Waals surface area contributed by atoms with Gasteiger partial charge in [0.05, 0.1) is 11.8 Å². The van der Waals surface area contributed by atoms with E-state index in [4.69, 9.17) is 9.47 Å². The molecule has 5 heteroatoms. The predicted molar refractivity (Wildman–Crippen MR) is 93.8 cm³/mol. The minimum Gasteiger partial charge on any atom is -0.444 e. The summed E-state index contributed by atoms with van der Waals surface area (Å²) in [6, 6.07) is 5.86. The molecule has 1 aromatic heterocycles. The molecule has 0 spiro atoms. The van der Waals surface area contributed by atoms with Gasteiger partial charge in [0.2, 0.25) is 0 Å². The van der Waals surface area contributed by atoms with Crippen molar-refractivity contribution in [3.8, 4) is 0 Å². The zero-order valence-corrected chi connectivity index (χ0v) is 15.3. The summed E-state index contributed by atoms with van der Waals surface area (Å²) in [6.07, 6.45) is 4.71. The normalized spacial score (nSPS) is 19.8. The van der Waals surface area contributed by atoms with E-state index in [2.05, 4.69) is 4.98 Å². The highest BCUT2D eigenvalue weighted by molar-refractivity contribution is 5.68.